The topological polar surface area (TPSA) is 85.2 Å². The number of benzene rings is 1. The number of nitrogens with zero attached hydrogens (tertiary/aromatic N) is 2. The normalized spacial score (nSPS) is 30.7. The number of rotatable bonds is 6. The maximum Gasteiger partial charge on any atom is 0.416 e. The molecule has 2 bridgehead atoms. The molecule has 184 valence electrons. The summed E-state index contributed by atoms with van der Waals surface area (Å²) in [5.41, 5.74) is -0.864. The summed E-state index contributed by atoms with van der Waals surface area (Å²) < 4.78 is 51.8. The van der Waals surface area contributed by atoms with E-state index in [9.17, 15) is 27.2 Å². The summed E-state index contributed by atoms with van der Waals surface area (Å²) in [6.07, 6.45) is -1.37. The molecule has 1 aliphatic heterocycles. The Bertz CT molecular complexity index is 948. The number of nitrogens with one attached hydrogen (secondary N) is 2. The first-order valence-corrected chi connectivity index (χ1v) is 11.6. The number of likely N-dealkylation sites (tertiary alicyclic amines) is 1. The van der Waals surface area contributed by atoms with Crippen molar-refractivity contribution in [3.05, 3.63) is 35.4 Å². The third-order valence-electron chi connectivity index (χ3n) is 7.80. The van der Waals surface area contributed by atoms with Crippen molar-refractivity contribution in [1.82, 2.24) is 15.5 Å². The zero-order chi connectivity index (χ0) is 24.6. The fourth-order valence-corrected chi connectivity index (χ4v) is 5.52. The zero-order valence-corrected chi connectivity index (χ0v) is 18.8. The minimum atomic E-state index is -4.39. The van der Waals surface area contributed by atoms with Gasteiger partial charge in [-0.3, -0.25) is 9.59 Å². The maximum atomic E-state index is 13.6. The van der Waals surface area contributed by atoms with Crippen molar-refractivity contribution in [1.29, 1.82) is 5.26 Å². The number of carbonyl (C=O) groups is 2. The Morgan fingerprint density at radius 1 is 1.09 bits per heavy atom. The van der Waals surface area contributed by atoms with Crippen LogP contribution >= 0.6 is 0 Å². The van der Waals surface area contributed by atoms with Gasteiger partial charge in [-0.1, -0.05) is 12.1 Å². The van der Waals surface area contributed by atoms with Crippen LogP contribution in [0.15, 0.2) is 24.3 Å². The van der Waals surface area contributed by atoms with Gasteiger partial charge in [-0.15, -0.1) is 0 Å². The lowest BCUT2D eigenvalue weighted by Crippen LogP contribution is -2.60. The first-order chi connectivity index (χ1) is 16.1. The summed E-state index contributed by atoms with van der Waals surface area (Å²) in [7, 11) is 0. The van der Waals surface area contributed by atoms with Crippen molar-refractivity contribution in [2.45, 2.75) is 75.4 Å². The first-order valence-electron chi connectivity index (χ1n) is 11.6. The fraction of sp³-hybridized carbons (Fsp3) is 0.625. The Labute approximate surface area is 195 Å². The molecule has 0 spiro atoms. The SMILES string of the molecule is N#C[C@@H]1C[C@H](F)CN1C(=O)CNC12CCC(C(=O)NCc3ccc(C(F)(F)F)cc3)(CC1)CC2. The Morgan fingerprint density at radius 3 is 2.26 bits per heavy atom. The van der Waals surface area contributed by atoms with E-state index in [4.69, 9.17) is 5.26 Å². The lowest BCUT2D eigenvalue weighted by atomic mass is 9.57. The van der Waals surface area contributed by atoms with E-state index >= 15 is 0 Å². The standard InChI is InChI=1S/C24H28F4N4O2/c25-18-11-19(12-29)32(15-18)20(33)14-31-23-8-5-22(6-9-23,7-10-23)21(34)30-13-16-1-3-17(4-2-16)24(26,27)28/h1-4,18-19,31H,5-11,13-15H2,(H,30,34)/t18-,19-,22?,23?/m0/s1. The van der Waals surface area contributed by atoms with Gasteiger partial charge in [0.2, 0.25) is 11.8 Å². The predicted molar refractivity (Wildman–Crippen MR) is 115 cm³/mol. The van der Waals surface area contributed by atoms with Crippen molar-refractivity contribution in [2.24, 2.45) is 5.41 Å². The maximum absolute atomic E-state index is 13.6. The van der Waals surface area contributed by atoms with Crippen LogP contribution in [0, 0.1) is 16.7 Å². The van der Waals surface area contributed by atoms with E-state index in [0.717, 1.165) is 31.4 Å². The van der Waals surface area contributed by atoms with Crippen molar-refractivity contribution in [3.8, 4) is 6.07 Å². The smallest absolute Gasteiger partial charge is 0.352 e. The molecule has 0 radical (unpaired) electrons. The molecule has 2 atom stereocenters. The van der Waals surface area contributed by atoms with Crippen LogP contribution in [0.25, 0.3) is 0 Å². The molecule has 34 heavy (non-hydrogen) atoms. The summed E-state index contributed by atoms with van der Waals surface area (Å²) in [4.78, 5) is 26.8. The largest absolute Gasteiger partial charge is 0.416 e. The van der Waals surface area contributed by atoms with E-state index in [1.165, 1.54) is 17.0 Å². The van der Waals surface area contributed by atoms with Crippen LogP contribution in [-0.4, -0.2) is 47.6 Å². The molecule has 2 amide bonds. The predicted octanol–water partition coefficient (Wildman–Crippen LogP) is 3.47. The third-order valence-corrected chi connectivity index (χ3v) is 7.80. The minimum Gasteiger partial charge on any atom is -0.352 e. The molecule has 2 N–H and O–H groups in total. The molecule has 0 unspecified atom stereocenters. The van der Waals surface area contributed by atoms with Gasteiger partial charge in [0.1, 0.15) is 12.2 Å². The van der Waals surface area contributed by atoms with Crippen LogP contribution in [0.2, 0.25) is 0 Å². The highest BCUT2D eigenvalue weighted by molar-refractivity contribution is 5.83. The number of carbonyl (C=O) groups excluding carboxylic acids is 2. The summed E-state index contributed by atoms with van der Waals surface area (Å²) in [6.45, 7) is 0.161. The van der Waals surface area contributed by atoms with Gasteiger partial charge in [0.15, 0.2) is 0 Å². The lowest BCUT2D eigenvalue weighted by Gasteiger charge is -2.53. The average Bonchev–Trinajstić information content (AvgIpc) is 3.22. The van der Waals surface area contributed by atoms with Crippen LogP contribution in [0.3, 0.4) is 0 Å². The van der Waals surface area contributed by atoms with Gasteiger partial charge in [0.25, 0.3) is 0 Å². The van der Waals surface area contributed by atoms with Crippen LogP contribution in [0.1, 0.15) is 56.1 Å². The van der Waals surface area contributed by atoms with E-state index < -0.39 is 29.4 Å². The Hall–Kier alpha value is -2.67. The molecule has 0 aromatic heterocycles. The molecule has 1 aromatic carbocycles. The number of hydrogen-bond donors (Lipinski definition) is 2. The van der Waals surface area contributed by atoms with Gasteiger partial charge >= 0.3 is 6.18 Å². The molecule has 10 heteroatoms. The molecule has 4 aliphatic rings. The summed E-state index contributed by atoms with van der Waals surface area (Å²) in [5, 5.41) is 15.4. The van der Waals surface area contributed by atoms with Crippen LogP contribution in [0.5, 0.6) is 0 Å². The Balaban J connectivity index is 1.27. The second kappa shape index (κ2) is 9.17. The Kier molecular flexibility index (Phi) is 6.60. The number of alkyl halides is 4. The minimum absolute atomic E-state index is 0.0397. The Morgan fingerprint density at radius 2 is 1.71 bits per heavy atom. The van der Waals surface area contributed by atoms with E-state index in [1.54, 1.807) is 0 Å². The van der Waals surface area contributed by atoms with Gasteiger partial charge in [0.05, 0.1) is 24.7 Å². The first kappa shape index (κ1) is 24.5. The van der Waals surface area contributed by atoms with Gasteiger partial charge in [-0.05, 0) is 56.2 Å². The summed E-state index contributed by atoms with van der Waals surface area (Å²) >= 11 is 0. The molecular weight excluding hydrogens is 452 g/mol. The fourth-order valence-electron chi connectivity index (χ4n) is 5.52. The number of nitriles is 1. The van der Waals surface area contributed by atoms with E-state index in [2.05, 4.69) is 10.6 Å². The van der Waals surface area contributed by atoms with E-state index in [0.29, 0.717) is 24.8 Å². The van der Waals surface area contributed by atoms with Gasteiger partial charge in [0, 0.05) is 23.9 Å². The summed E-state index contributed by atoms with van der Waals surface area (Å²) in [6, 6.07) is 6.03. The van der Waals surface area contributed by atoms with Gasteiger partial charge < -0.3 is 15.5 Å². The van der Waals surface area contributed by atoms with Crippen LogP contribution in [-0.2, 0) is 22.3 Å². The quantitative estimate of drug-likeness (QED) is 0.611. The van der Waals surface area contributed by atoms with E-state index in [1.807, 2.05) is 6.07 Å². The van der Waals surface area contributed by atoms with E-state index in [-0.39, 0.29) is 43.4 Å². The molecular formula is C24H28F4N4O2. The molecule has 3 saturated carbocycles. The van der Waals surface area contributed by atoms with Crippen molar-refractivity contribution >= 4 is 11.8 Å². The highest BCUT2D eigenvalue weighted by Crippen LogP contribution is 2.52. The highest BCUT2D eigenvalue weighted by Gasteiger charge is 2.52. The van der Waals surface area contributed by atoms with Crippen molar-refractivity contribution in [3.63, 3.8) is 0 Å². The monoisotopic (exact) mass is 480 g/mol. The highest BCUT2D eigenvalue weighted by atomic mass is 19.4. The zero-order valence-electron chi connectivity index (χ0n) is 18.8. The van der Waals surface area contributed by atoms with Crippen LogP contribution in [0.4, 0.5) is 17.6 Å². The number of fused-ring (bicyclic) bond motifs is 3. The number of amides is 2. The van der Waals surface area contributed by atoms with Gasteiger partial charge in [-0.2, -0.15) is 18.4 Å². The average molecular weight is 481 g/mol. The van der Waals surface area contributed by atoms with Crippen molar-refractivity contribution in [2.75, 3.05) is 13.1 Å². The molecule has 1 heterocycles. The molecule has 1 aromatic rings. The summed E-state index contributed by atoms with van der Waals surface area (Å²) in [5.74, 6) is -0.363. The molecule has 6 nitrogen and oxygen atoms in total. The number of halogens is 4. The number of hydrogen-bond acceptors (Lipinski definition) is 4. The molecule has 4 fully saturated rings. The van der Waals surface area contributed by atoms with Crippen molar-refractivity contribution < 1.29 is 27.2 Å². The molecule has 3 aliphatic carbocycles. The molecule has 5 rings (SSSR count). The van der Waals surface area contributed by atoms with Gasteiger partial charge in [-0.25, -0.2) is 4.39 Å². The van der Waals surface area contributed by atoms with Crippen LogP contribution < -0.4 is 10.6 Å². The third kappa shape index (κ3) is 4.90. The second-order valence-corrected chi connectivity index (χ2v) is 9.82. The second-order valence-electron chi connectivity index (χ2n) is 9.82. The lowest BCUT2D eigenvalue weighted by molar-refractivity contribution is -0.140. The molecule has 1 saturated heterocycles.